The Hall–Kier alpha value is -0.0369. The molecule has 14 nitrogen and oxygen atoms in total. The molecule has 0 spiro atoms. The first-order valence-corrected chi connectivity index (χ1v) is 15.5. The summed E-state index contributed by atoms with van der Waals surface area (Å²) in [5, 5.41) is 71.7. The number of aliphatic hydroxyl groups is 5. The Balaban J connectivity index is 0.00000300. The third-order valence-electron chi connectivity index (χ3n) is 10.6. The summed E-state index contributed by atoms with van der Waals surface area (Å²) in [6.45, 7) is 6.67. The summed E-state index contributed by atoms with van der Waals surface area (Å²) in [5.74, 6) is -4.49. The zero-order chi connectivity index (χ0) is 33.4. The van der Waals surface area contributed by atoms with Gasteiger partial charge in [-0.25, -0.2) is 9.59 Å². The van der Waals surface area contributed by atoms with E-state index in [-0.39, 0.29) is 112 Å². The van der Waals surface area contributed by atoms with Crippen LogP contribution >= 0.6 is 11.3 Å². The molecule has 1 aromatic rings. The summed E-state index contributed by atoms with van der Waals surface area (Å²) in [6.07, 6.45) is -11.6. The van der Waals surface area contributed by atoms with E-state index in [0.717, 1.165) is 18.3 Å². The number of aliphatic hydroxyl groups excluding tert-OH is 3. The van der Waals surface area contributed by atoms with Crippen molar-refractivity contribution in [1.29, 1.82) is 0 Å². The van der Waals surface area contributed by atoms with E-state index in [1.165, 1.54) is 33.8 Å². The van der Waals surface area contributed by atoms with Crippen LogP contribution in [0.2, 0.25) is 0 Å². The molecule has 3 aliphatic carbocycles. The third-order valence-corrected chi connectivity index (χ3v) is 11.6. The van der Waals surface area contributed by atoms with Crippen molar-refractivity contribution in [1.82, 2.24) is 5.32 Å². The fourth-order valence-corrected chi connectivity index (χ4v) is 8.86. The van der Waals surface area contributed by atoms with Crippen LogP contribution < -0.4 is 5.32 Å². The second-order valence-electron chi connectivity index (χ2n) is 13.3. The number of hydrogen-bond acceptors (Lipinski definition) is 13. The van der Waals surface area contributed by atoms with Crippen molar-refractivity contribution in [2.24, 2.45) is 16.7 Å². The maximum atomic E-state index is 14.3. The van der Waals surface area contributed by atoms with Crippen molar-refractivity contribution in [3.05, 3.63) is 33.5 Å². The van der Waals surface area contributed by atoms with Crippen molar-refractivity contribution in [3.8, 4) is 0 Å². The summed E-state index contributed by atoms with van der Waals surface area (Å²) in [6, 6.07) is 1.72. The number of carboxylic acid groups (broad SMARTS) is 1. The van der Waals surface area contributed by atoms with Gasteiger partial charge in [0.15, 0.2) is 11.9 Å². The van der Waals surface area contributed by atoms with Crippen molar-refractivity contribution < 1.29 is 152 Å². The van der Waals surface area contributed by atoms with Crippen LogP contribution in [0.3, 0.4) is 0 Å². The number of amides is 1. The second-order valence-corrected chi connectivity index (χ2v) is 14.2. The van der Waals surface area contributed by atoms with Gasteiger partial charge in [-0.3, -0.25) is 9.59 Å². The standard InChI is InChI=1S/C30H39NO13S.2Ac/c1-12-14(44-25(37)21(35)19(31-26(38)39)15-7-6-8-45-15)10-30(41)24(43-13(2)32)22-28(5,16(33)9-17-29(22,40)11-42-17)23(36)20(34)18(12)27(30,3)4;;/h6-8,14,16-17,19-22,24,31,33-35,40-41H,9-11H2,1-5H3,(H,38,39);;/t14-,16-,17+,19-,20+,21+,22-,24-,28+,29-,30+;;/m0../s1. The number of ether oxygens (including phenoxy) is 3. The van der Waals surface area contributed by atoms with Gasteiger partial charge < -0.3 is 50.2 Å². The van der Waals surface area contributed by atoms with Gasteiger partial charge in [0.1, 0.15) is 35.6 Å². The molecule has 7 N–H and O–H groups in total. The molecule has 254 valence electrons. The molecular formula is C30H39Ac2NO13S. The Morgan fingerprint density at radius 3 is 2.28 bits per heavy atom. The summed E-state index contributed by atoms with van der Waals surface area (Å²) in [5.41, 5.74) is -7.42. The zero-order valence-corrected chi connectivity index (χ0v) is 36.9. The Kier molecular flexibility index (Phi) is 12.8. The van der Waals surface area contributed by atoms with E-state index >= 15 is 0 Å². The summed E-state index contributed by atoms with van der Waals surface area (Å²) in [4.78, 5) is 52.1. The van der Waals surface area contributed by atoms with Gasteiger partial charge in [-0.05, 0) is 36.4 Å². The molecule has 4 aliphatic rings. The van der Waals surface area contributed by atoms with Crippen LogP contribution in [0.1, 0.15) is 58.4 Å². The molecule has 2 saturated carbocycles. The summed E-state index contributed by atoms with van der Waals surface area (Å²) < 4.78 is 17.0. The van der Waals surface area contributed by atoms with Crippen molar-refractivity contribution >= 4 is 35.2 Å². The van der Waals surface area contributed by atoms with Crippen LogP contribution in [0.25, 0.3) is 0 Å². The molecule has 2 heterocycles. The van der Waals surface area contributed by atoms with Crippen LogP contribution in [0.5, 0.6) is 0 Å². The van der Waals surface area contributed by atoms with Crippen LogP contribution in [0.15, 0.2) is 28.7 Å². The molecule has 11 atom stereocenters. The van der Waals surface area contributed by atoms with Crippen LogP contribution in [0.4, 0.5) is 4.79 Å². The Labute approximate surface area is 346 Å². The number of hydrogen-bond donors (Lipinski definition) is 7. The number of carbonyl (C=O) groups excluding carboxylic acids is 3. The maximum absolute atomic E-state index is 14.3. The second kappa shape index (κ2) is 14.5. The van der Waals surface area contributed by atoms with Gasteiger partial charge in [0, 0.05) is 124 Å². The van der Waals surface area contributed by atoms with Crippen LogP contribution in [0, 0.1) is 105 Å². The number of Topliss-reactive ketones (excluding diaryl/α,β-unsaturated/α-hetero) is 1. The minimum atomic E-state index is -2.24. The number of ketones is 1. The van der Waals surface area contributed by atoms with Crippen molar-refractivity contribution in [2.45, 2.75) is 101 Å². The summed E-state index contributed by atoms with van der Waals surface area (Å²) >= 11 is 1.09. The fourth-order valence-electron chi connectivity index (χ4n) is 8.05. The third kappa shape index (κ3) is 6.49. The van der Waals surface area contributed by atoms with Gasteiger partial charge in [-0.1, -0.05) is 19.9 Å². The molecule has 47 heavy (non-hydrogen) atoms. The maximum Gasteiger partial charge on any atom is 0.405 e. The van der Waals surface area contributed by atoms with Gasteiger partial charge >= 0.3 is 18.0 Å². The monoisotopic (exact) mass is 1110 g/mol. The first-order chi connectivity index (χ1) is 20.8. The van der Waals surface area contributed by atoms with Gasteiger partial charge in [0.2, 0.25) is 0 Å². The van der Waals surface area contributed by atoms with Crippen LogP contribution in [-0.4, -0.2) is 109 Å². The molecular weight excluding hydrogens is 1070 g/mol. The molecule has 2 bridgehead atoms. The predicted octanol–water partition coefficient (Wildman–Crippen LogP) is 0.199. The first-order valence-electron chi connectivity index (χ1n) is 14.6. The van der Waals surface area contributed by atoms with Crippen molar-refractivity contribution in [3.63, 3.8) is 0 Å². The number of rotatable bonds is 6. The van der Waals surface area contributed by atoms with E-state index in [1.807, 2.05) is 0 Å². The molecule has 1 aromatic heterocycles. The molecule has 1 saturated heterocycles. The minimum absolute atomic E-state index is 0. The Morgan fingerprint density at radius 1 is 1.13 bits per heavy atom. The smallest absolute Gasteiger partial charge is 0.405 e. The summed E-state index contributed by atoms with van der Waals surface area (Å²) in [7, 11) is 0. The first kappa shape index (κ1) is 41.4. The van der Waals surface area contributed by atoms with E-state index in [4.69, 9.17) is 14.2 Å². The fraction of sp³-hybridized carbons (Fsp3) is 0.667. The van der Waals surface area contributed by atoms with Gasteiger partial charge in [0.05, 0.1) is 24.2 Å². The largest absolute Gasteiger partial charge is 0.465 e. The normalized spacial score (nSPS) is 38.3. The van der Waals surface area contributed by atoms with Gasteiger partial charge in [-0.2, -0.15) is 0 Å². The number of fused-ring (bicyclic) bond motifs is 5. The van der Waals surface area contributed by atoms with E-state index in [0.29, 0.717) is 4.88 Å². The average Bonchev–Trinajstić information content (AvgIpc) is 3.48. The number of nitrogens with one attached hydrogen (secondary N) is 1. The quantitative estimate of drug-likeness (QED) is 0.150. The van der Waals surface area contributed by atoms with E-state index < -0.39 is 101 Å². The van der Waals surface area contributed by atoms with Gasteiger partial charge in [0.25, 0.3) is 0 Å². The van der Waals surface area contributed by atoms with E-state index in [2.05, 4.69) is 5.32 Å². The van der Waals surface area contributed by atoms with E-state index in [1.54, 1.807) is 11.4 Å². The molecule has 0 unspecified atom stereocenters. The topological polar surface area (TPSA) is 229 Å². The zero-order valence-electron chi connectivity index (χ0n) is 26.6. The van der Waals surface area contributed by atoms with Gasteiger partial charge in [-0.15, -0.1) is 11.3 Å². The Morgan fingerprint density at radius 2 is 1.77 bits per heavy atom. The molecule has 17 heteroatoms. The number of esters is 2. The Bertz CT molecular complexity index is 1440. The van der Waals surface area contributed by atoms with Crippen molar-refractivity contribution in [2.75, 3.05) is 6.61 Å². The molecule has 3 fully saturated rings. The number of thiophene rings is 1. The SMILES string of the molecule is CC(=O)O[C@H]1[C@@H]2[C@]3(O)CO[C@@H]3C[C@H](O)[C@@]2(C)C(=O)[C@H](O)C2=C(C)[C@@H](OC(=O)[C@H](O)[C@@H](NC(=O)O)c3cccs3)C[C@]1(O)C2(C)C.[Ac].[Ac]. The average molecular weight is 1110 g/mol. The number of carbonyl (C=O) groups is 4. The van der Waals surface area contributed by atoms with E-state index in [9.17, 15) is 49.8 Å². The molecule has 1 aliphatic heterocycles. The minimum Gasteiger partial charge on any atom is -0.465 e. The molecule has 0 aromatic carbocycles. The van der Waals surface area contributed by atoms with Crippen LogP contribution in [-0.2, 0) is 28.6 Å². The molecule has 5 rings (SSSR count). The molecule has 1 amide bonds. The molecule has 2 radical (unpaired) electrons. The predicted molar refractivity (Wildman–Crippen MR) is 154 cm³/mol.